The average Bonchev–Trinajstić information content (AvgIpc) is 3.00. The van der Waals surface area contributed by atoms with E-state index in [4.69, 9.17) is 4.74 Å². The van der Waals surface area contributed by atoms with E-state index in [-0.39, 0.29) is 18.1 Å². The highest BCUT2D eigenvalue weighted by Crippen LogP contribution is 2.25. The van der Waals surface area contributed by atoms with Crippen molar-refractivity contribution in [2.75, 3.05) is 52.5 Å². The highest BCUT2D eigenvalue weighted by Gasteiger charge is 2.35. The van der Waals surface area contributed by atoms with E-state index in [0.717, 1.165) is 71.7 Å². The van der Waals surface area contributed by atoms with E-state index in [2.05, 4.69) is 9.80 Å². The van der Waals surface area contributed by atoms with Gasteiger partial charge >= 0.3 is 0 Å². The largest absolute Gasteiger partial charge is 0.391 e. The molecule has 2 aliphatic heterocycles. The van der Waals surface area contributed by atoms with E-state index < -0.39 is 0 Å². The molecule has 0 spiro atoms. The molecule has 2 saturated heterocycles. The Labute approximate surface area is 133 Å². The van der Waals surface area contributed by atoms with Crippen molar-refractivity contribution >= 4 is 5.91 Å². The van der Waals surface area contributed by atoms with Crippen LogP contribution in [0.1, 0.15) is 26.2 Å². The van der Waals surface area contributed by atoms with Crippen LogP contribution in [0, 0.1) is 0 Å². The van der Waals surface area contributed by atoms with Gasteiger partial charge in [0.15, 0.2) is 0 Å². The molecule has 6 nitrogen and oxygen atoms in total. The van der Waals surface area contributed by atoms with Crippen LogP contribution in [0.3, 0.4) is 0 Å². The average molecular weight is 311 g/mol. The summed E-state index contributed by atoms with van der Waals surface area (Å²) < 4.78 is 5.36. The number of aliphatic hydroxyl groups is 1. The summed E-state index contributed by atoms with van der Waals surface area (Å²) in [6.07, 6.45) is 2.98. The number of morpholine rings is 1. The summed E-state index contributed by atoms with van der Waals surface area (Å²) in [5.41, 5.74) is 0. The van der Waals surface area contributed by atoms with Gasteiger partial charge in [-0.3, -0.25) is 14.6 Å². The number of piperazine rings is 1. The van der Waals surface area contributed by atoms with Gasteiger partial charge in [0.05, 0.1) is 25.4 Å². The van der Waals surface area contributed by atoms with Gasteiger partial charge in [-0.15, -0.1) is 0 Å². The fourth-order valence-electron chi connectivity index (χ4n) is 4.01. The number of hydrogen-bond donors (Lipinski definition) is 1. The van der Waals surface area contributed by atoms with E-state index in [1.165, 1.54) is 0 Å². The monoisotopic (exact) mass is 311 g/mol. The fourth-order valence-corrected chi connectivity index (χ4v) is 4.01. The zero-order chi connectivity index (χ0) is 15.5. The van der Waals surface area contributed by atoms with Crippen LogP contribution in [0.15, 0.2) is 0 Å². The zero-order valence-electron chi connectivity index (χ0n) is 13.6. The lowest BCUT2D eigenvalue weighted by molar-refractivity contribution is -0.140. The third-order valence-corrected chi connectivity index (χ3v) is 5.49. The molecule has 3 atom stereocenters. The molecule has 22 heavy (non-hydrogen) atoms. The molecule has 0 radical (unpaired) electrons. The first kappa shape index (κ1) is 16.2. The molecule has 126 valence electrons. The number of hydrogen-bond acceptors (Lipinski definition) is 5. The first-order chi connectivity index (χ1) is 10.7. The maximum absolute atomic E-state index is 12.7. The predicted octanol–water partition coefficient (Wildman–Crippen LogP) is -0.235. The van der Waals surface area contributed by atoms with Crippen molar-refractivity contribution in [3.05, 3.63) is 0 Å². The number of rotatable bonds is 3. The first-order valence-electron chi connectivity index (χ1n) is 8.69. The predicted molar refractivity (Wildman–Crippen MR) is 83.7 cm³/mol. The summed E-state index contributed by atoms with van der Waals surface area (Å²) in [6.45, 7) is 8.53. The minimum Gasteiger partial charge on any atom is -0.391 e. The van der Waals surface area contributed by atoms with Crippen molar-refractivity contribution in [2.24, 2.45) is 0 Å². The first-order valence-corrected chi connectivity index (χ1v) is 8.69. The SMILES string of the molecule is C[C@H](C(=O)N1CCN([C@H]2CCC[C@H]2O)CC1)N1CCOCC1. The van der Waals surface area contributed by atoms with Crippen molar-refractivity contribution < 1.29 is 14.6 Å². The lowest BCUT2D eigenvalue weighted by Gasteiger charge is -2.41. The van der Waals surface area contributed by atoms with Crippen molar-refractivity contribution in [3.63, 3.8) is 0 Å². The van der Waals surface area contributed by atoms with Gasteiger partial charge in [0.1, 0.15) is 0 Å². The summed E-state index contributed by atoms with van der Waals surface area (Å²) >= 11 is 0. The van der Waals surface area contributed by atoms with Crippen LogP contribution in [0.4, 0.5) is 0 Å². The number of aliphatic hydroxyl groups excluding tert-OH is 1. The Kier molecular flexibility index (Phi) is 5.33. The second-order valence-electron chi connectivity index (χ2n) is 6.75. The molecule has 3 aliphatic rings. The van der Waals surface area contributed by atoms with Crippen LogP contribution in [-0.2, 0) is 9.53 Å². The molecule has 2 heterocycles. The van der Waals surface area contributed by atoms with Crippen LogP contribution < -0.4 is 0 Å². The van der Waals surface area contributed by atoms with E-state index in [1.54, 1.807) is 0 Å². The molecular weight excluding hydrogens is 282 g/mol. The van der Waals surface area contributed by atoms with Gasteiger partial charge in [0.2, 0.25) is 5.91 Å². The highest BCUT2D eigenvalue weighted by molar-refractivity contribution is 5.81. The quantitative estimate of drug-likeness (QED) is 0.780. The normalized spacial score (nSPS) is 33.1. The van der Waals surface area contributed by atoms with Gasteiger partial charge in [-0.2, -0.15) is 0 Å². The third-order valence-electron chi connectivity index (χ3n) is 5.49. The fraction of sp³-hybridized carbons (Fsp3) is 0.938. The molecule has 0 aromatic rings. The second kappa shape index (κ2) is 7.25. The minimum atomic E-state index is -0.172. The maximum Gasteiger partial charge on any atom is 0.239 e. The van der Waals surface area contributed by atoms with Crippen molar-refractivity contribution in [1.82, 2.24) is 14.7 Å². The summed E-state index contributed by atoms with van der Waals surface area (Å²) in [4.78, 5) is 19.3. The molecule has 1 N–H and O–H groups in total. The third kappa shape index (κ3) is 3.45. The van der Waals surface area contributed by atoms with E-state index >= 15 is 0 Å². The minimum absolute atomic E-state index is 0.0486. The van der Waals surface area contributed by atoms with E-state index in [0.29, 0.717) is 6.04 Å². The van der Waals surface area contributed by atoms with E-state index in [1.807, 2.05) is 11.8 Å². The van der Waals surface area contributed by atoms with Crippen LogP contribution in [0.5, 0.6) is 0 Å². The van der Waals surface area contributed by atoms with Crippen molar-refractivity contribution in [3.8, 4) is 0 Å². The van der Waals surface area contributed by atoms with E-state index in [9.17, 15) is 9.90 Å². The maximum atomic E-state index is 12.7. The molecule has 1 amide bonds. The highest BCUT2D eigenvalue weighted by atomic mass is 16.5. The molecule has 3 fully saturated rings. The summed E-state index contributed by atoms with van der Waals surface area (Å²) in [5.74, 6) is 0.244. The van der Waals surface area contributed by atoms with Gasteiger partial charge in [-0.25, -0.2) is 0 Å². The molecular formula is C16H29N3O3. The molecule has 0 aromatic carbocycles. The topological polar surface area (TPSA) is 56.2 Å². The molecule has 0 unspecified atom stereocenters. The Hall–Kier alpha value is -0.690. The Morgan fingerprint density at radius 1 is 1.09 bits per heavy atom. The molecule has 1 saturated carbocycles. The molecule has 1 aliphatic carbocycles. The van der Waals surface area contributed by atoms with Crippen molar-refractivity contribution in [2.45, 2.75) is 44.4 Å². The van der Waals surface area contributed by atoms with Gasteiger partial charge < -0.3 is 14.7 Å². The number of amides is 1. The van der Waals surface area contributed by atoms with Gasteiger partial charge in [-0.1, -0.05) is 0 Å². The van der Waals surface area contributed by atoms with Crippen LogP contribution in [0.2, 0.25) is 0 Å². The number of nitrogens with zero attached hydrogens (tertiary/aromatic N) is 3. The van der Waals surface area contributed by atoms with Crippen LogP contribution in [-0.4, -0.2) is 96.4 Å². The number of carbonyl (C=O) groups is 1. The molecule has 0 aromatic heterocycles. The molecule has 6 heteroatoms. The smallest absolute Gasteiger partial charge is 0.239 e. The lowest BCUT2D eigenvalue weighted by atomic mass is 10.1. The summed E-state index contributed by atoms with van der Waals surface area (Å²) in [6, 6.07) is 0.265. The Balaban J connectivity index is 1.49. The van der Waals surface area contributed by atoms with Crippen LogP contribution in [0.25, 0.3) is 0 Å². The molecule has 0 bridgehead atoms. The number of ether oxygens (including phenoxy) is 1. The van der Waals surface area contributed by atoms with Gasteiger partial charge in [0.25, 0.3) is 0 Å². The van der Waals surface area contributed by atoms with Gasteiger partial charge in [-0.05, 0) is 26.2 Å². The standard InChI is InChI=1S/C16H29N3O3/c1-13(17-9-11-22-12-10-17)16(21)19-7-5-18(6-8-19)14-3-2-4-15(14)20/h13-15,20H,2-12H2,1H3/t13-,14+,15-/m1/s1. The Morgan fingerprint density at radius 3 is 2.36 bits per heavy atom. The zero-order valence-corrected chi connectivity index (χ0v) is 13.6. The second-order valence-corrected chi connectivity index (χ2v) is 6.75. The Bertz CT molecular complexity index is 379. The lowest BCUT2D eigenvalue weighted by Crippen LogP contribution is -2.57. The van der Waals surface area contributed by atoms with Crippen molar-refractivity contribution in [1.29, 1.82) is 0 Å². The Morgan fingerprint density at radius 2 is 1.77 bits per heavy atom. The molecule has 3 rings (SSSR count). The van der Waals surface area contributed by atoms with Gasteiger partial charge in [0, 0.05) is 45.3 Å². The van der Waals surface area contributed by atoms with Crippen LogP contribution >= 0.6 is 0 Å². The summed E-state index contributed by atoms with van der Waals surface area (Å²) in [5, 5.41) is 10.0. The number of carbonyl (C=O) groups excluding carboxylic acids is 1. The summed E-state index contributed by atoms with van der Waals surface area (Å²) in [7, 11) is 0.